The zero-order chi connectivity index (χ0) is 13.3. The van der Waals surface area contributed by atoms with E-state index in [0.717, 1.165) is 9.35 Å². The maximum Gasteiger partial charge on any atom is 0.306 e. The SMILES string of the molecule is Cc1cc(C(=O)N2CCC(C(=O)O)CC2)sc1Br. The van der Waals surface area contributed by atoms with Gasteiger partial charge in [-0.15, -0.1) is 11.3 Å². The Morgan fingerprint density at radius 2 is 2.06 bits per heavy atom. The molecule has 0 bridgehead atoms. The summed E-state index contributed by atoms with van der Waals surface area (Å²) in [6.07, 6.45) is 1.10. The van der Waals surface area contributed by atoms with Crippen molar-refractivity contribution in [1.29, 1.82) is 0 Å². The van der Waals surface area contributed by atoms with E-state index in [1.165, 1.54) is 11.3 Å². The molecule has 0 spiro atoms. The van der Waals surface area contributed by atoms with Crippen LogP contribution < -0.4 is 0 Å². The van der Waals surface area contributed by atoms with Gasteiger partial charge >= 0.3 is 5.97 Å². The number of aliphatic carboxylic acids is 1. The molecule has 4 nitrogen and oxygen atoms in total. The number of halogens is 1. The van der Waals surface area contributed by atoms with Gasteiger partial charge in [-0.05, 0) is 47.3 Å². The van der Waals surface area contributed by atoms with Crippen LogP contribution in [0, 0.1) is 12.8 Å². The molecule has 0 aliphatic carbocycles. The molecule has 18 heavy (non-hydrogen) atoms. The smallest absolute Gasteiger partial charge is 0.306 e. The van der Waals surface area contributed by atoms with Gasteiger partial charge in [-0.2, -0.15) is 0 Å². The number of rotatable bonds is 2. The number of piperidine rings is 1. The van der Waals surface area contributed by atoms with Crippen LogP contribution in [-0.2, 0) is 4.79 Å². The Bertz CT molecular complexity index is 458. The predicted molar refractivity (Wildman–Crippen MR) is 73.0 cm³/mol. The van der Waals surface area contributed by atoms with Gasteiger partial charge in [0.05, 0.1) is 14.6 Å². The van der Waals surface area contributed by atoms with Crippen LogP contribution in [0.15, 0.2) is 9.85 Å². The number of carbonyl (C=O) groups excluding carboxylic acids is 1. The van der Waals surface area contributed by atoms with Crippen molar-refractivity contribution in [3.63, 3.8) is 0 Å². The van der Waals surface area contributed by atoms with Crippen LogP contribution in [-0.4, -0.2) is 35.0 Å². The van der Waals surface area contributed by atoms with Crippen molar-refractivity contribution in [3.8, 4) is 0 Å². The van der Waals surface area contributed by atoms with Crippen LogP contribution in [0.3, 0.4) is 0 Å². The van der Waals surface area contributed by atoms with Crippen molar-refractivity contribution < 1.29 is 14.7 Å². The average molecular weight is 332 g/mol. The Labute approximate surface area is 118 Å². The highest BCUT2D eigenvalue weighted by atomic mass is 79.9. The highest BCUT2D eigenvalue weighted by Gasteiger charge is 2.28. The molecule has 2 heterocycles. The lowest BCUT2D eigenvalue weighted by atomic mass is 9.97. The van der Waals surface area contributed by atoms with Gasteiger partial charge in [0.2, 0.25) is 0 Å². The molecule has 2 rings (SSSR count). The van der Waals surface area contributed by atoms with E-state index in [4.69, 9.17) is 5.11 Å². The molecular formula is C12H14BrNO3S. The molecule has 6 heteroatoms. The number of thiophene rings is 1. The van der Waals surface area contributed by atoms with Gasteiger partial charge < -0.3 is 10.0 Å². The number of carbonyl (C=O) groups is 2. The molecule has 1 aromatic heterocycles. The fraction of sp³-hybridized carbons (Fsp3) is 0.500. The summed E-state index contributed by atoms with van der Waals surface area (Å²) in [7, 11) is 0. The molecular weight excluding hydrogens is 318 g/mol. The first kappa shape index (κ1) is 13.5. The number of hydrogen-bond donors (Lipinski definition) is 1. The second-order valence-corrected chi connectivity index (χ2v) is 6.84. The summed E-state index contributed by atoms with van der Waals surface area (Å²) < 4.78 is 0.978. The van der Waals surface area contributed by atoms with Crippen LogP contribution in [0.5, 0.6) is 0 Å². The average Bonchev–Trinajstić information content (AvgIpc) is 2.69. The number of amides is 1. The van der Waals surface area contributed by atoms with Crippen LogP contribution in [0.2, 0.25) is 0 Å². The summed E-state index contributed by atoms with van der Waals surface area (Å²) in [6, 6.07) is 1.88. The van der Waals surface area contributed by atoms with Crippen molar-refractivity contribution in [2.75, 3.05) is 13.1 Å². The highest BCUT2D eigenvalue weighted by Crippen LogP contribution is 2.29. The fourth-order valence-corrected chi connectivity index (χ4v) is 3.55. The van der Waals surface area contributed by atoms with E-state index in [1.54, 1.807) is 4.90 Å². The van der Waals surface area contributed by atoms with Crippen LogP contribution in [0.4, 0.5) is 0 Å². The lowest BCUT2D eigenvalue weighted by Gasteiger charge is -2.29. The Hall–Kier alpha value is -0.880. The first-order chi connectivity index (χ1) is 8.49. The van der Waals surface area contributed by atoms with E-state index in [-0.39, 0.29) is 11.8 Å². The first-order valence-electron chi connectivity index (χ1n) is 5.77. The Kier molecular flexibility index (Phi) is 4.07. The number of carboxylic acids is 1. The lowest BCUT2D eigenvalue weighted by molar-refractivity contribution is -0.143. The van der Waals surface area contributed by atoms with E-state index in [2.05, 4.69) is 15.9 Å². The largest absolute Gasteiger partial charge is 0.481 e. The van der Waals surface area contributed by atoms with Crippen LogP contribution >= 0.6 is 27.3 Å². The third-order valence-electron chi connectivity index (χ3n) is 3.20. The van der Waals surface area contributed by atoms with E-state index in [1.807, 2.05) is 13.0 Å². The van der Waals surface area contributed by atoms with Gasteiger partial charge in [-0.3, -0.25) is 9.59 Å². The maximum absolute atomic E-state index is 12.2. The number of nitrogens with zero attached hydrogens (tertiary/aromatic N) is 1. The molecule has 1 N–H and O–H groups in total. The van der Waals surface area contributed by atoms with Gasteiger partial charge in [0, 0.05) is 13.1 Å². The third kappa shape index (κ3) is 2.75. The van der Waals surface area contributed by atoms with Crippen molar-refractivity contribution in [3.05, 3.63) is 20.3 Å². The topological polar surface area (TPSA) is 57.6 Å². The molecule has 1 fully saturated rings. The number of likely N-dealkylation sites (tertiary alicyclic amines) is 1. The molecule has 1 aliphatic rings. The normalized spacial score (nSPS) is 16.9. The standard InChI is InChI=1S/C12H14BrNO3S/c1-7-6-9(18-10(7)13)11(15)14-4-2-8(3-5-14)12(16)17/h6,8H,2-5H2,1H3,(H,16,17). The highest BCUT2D eigenvalue weighted by molar-refractivity contribution is 9.11. The summed E-state index contributed by atoms with van der Waals surface area (Å²) in [5, 5.41) is 8.91. The van der Waals surface area contributed by atoms with Crippen LogP contribution in [0.25, 0.3) is 0 Å². The van der Waals surface area contributed by atoms with E-state index in [0.29, 0.717) is 30.8 Å². The minimum Gasteiger partial charge on any atom is -0.481 e. The number of aryl methyl sites for hydroxylation is 1. The molecule has 0 atom stereocenters. The van der Waals surface area contributed by atoms with E-state index < -0.39 is 5.97 Å². The minimum atomic E-state index is -0.753. The molecule has 0 saturated carbocycles. The summed E-state index contributed by atoms with van der Waals surface area (Å²) in [6.45, 7) is 3.02. The monoisotopic (exact) mass is 331 g/mol. The number of carboxylic acid groups (broad SMARTS) is 1. The summed E-state index contributed by atoms with van der Waals surface area (Å²) in [4.78, 5) is 25.5. The van der Waals surface area contributed by atoms with Gasteiger partial charge in [-0.1, -0.05) is 0 Å². The second kappa shape index (κ2) is 5.40. The van der Waals surface area contributed by atoms with E-state index in [9.17, 15) is 9.59 Å². The summed E-state index contributed by atoms with van der Waals surface area (Å²) >= 11 is 4.84. The zero-order valence-electron chi connectivity index (χ0n) is 9.98. The second-order valence-electron chi connectivity index (χ2n) is 4.47. The Morgan fingerprint density at radius 1 is 1.44 bits per heavy atom. The van der Waals surface area contributed by atoms with Crippen molar-refractivity contribution in [2.45, 2.75) is 19.8 Å². The van der Waals surface area contributed by atoms with Gasteiger partial charge in [0.1, 0.15) is 0 Å². The predicted octanol–water partition coefficient (Wildman–Crippen LogP) is 2.76. The Balaban J connectivity index is 2.01. The lowest BCUT2D eigenvalue weighted by Crippen LogP contribution is -2.39. The van der Waals surface area contributed by atoms with Gasteiger partial charge in [0.15, 0.2) is 0 Å². The third-order valence-corrected chi connectivity index (χ3v) is 5.32. The summed E-state index contributed by atoms with van der Waals surface area (Å²) in [5.74, 6) is -1.04. The molecule has 98 valence electrons. The molecule has 0 aromatic carbocycles. The molecule has 1 aliphatic heterocycles. The number of hydrogen-bond acceptors (Lipinski definition) is 3. The van der Waals surface area contributed by atoms with Crippen molar-refractivity contribution >= 4 is 39.1 Å². The fourth-order valence-electron chi connectivity index (χ4n) is 2.05. The van der Waals surface area contributed by atoms with Crippen molar-refractivity contribution in [1.82, 2.24) is 4.90 Å². The quantitative estimate of drug-likeness (QED) is 0.906. The van der Waals surface area contributed by atoms with Gasteiger partial charge in [0.25, 0.3) is 5.91 Å². The molecule has 1 amide bonds. The first-order valence-corrected chi connectivity index (χ1v) is 7.38. The Morgan fingerprint density at radius 3 is 2.50 bits per heavy atom. The zero-order valence-corrected chi connectivity index (χ0v) is 12.4. The van der Waals surface area contributed by atoms with Gasteiger partial charge in [-0.25, -0.2) is 0 Å². The van der Waals surface area contributed by atoms with Crippen molar-refractivity contribution in [2.24, 2.45) is 5.92 Å². The van der Waals surface area contributed by atoms with Crippen LogP contribution in [0.1, 0.15) is 28.1 Å². The molecule has 0 radical (unpaired) electrons. The maximum atomic E-state index is 12.2. The van der Waals surface area contributed by atoms with E-state index >= 15 is 0 Å². The molecule has 1 saturated heterocycles. The minimum absolute atomic E-state index is 0.0117. The molecule has 1 aromatic rings. The summed E-state index contributed by atoms with van der Waals surface area (Å²) in [5.41, 5.74) is 1.06. The molecule has 0 unspecified atom stereocenters.